The quantitative estimate of drug-likeness (QED) is 0.239. The van der Waals surface area contributed by atoms with E-state index in [-0.39, 0.29) is 11.6 Å². The molecule has 0 nitrogen and oxygen atoms in total. The van der Waals surface area contributed by atoms with Gasteiger partial charge in [0.05, 0.1) is 0 Å². The number of fused-ring (bicyclic) bond motifs is 1. The van der Waals surface area contributed by atoms with Crippen LogP contribution in [0, 0.1) is 23.3 Å². The van der Waals surface area contributed by atoms with Crippen LogP contribution in [0.4, 0.5) is 17.6 Å². The fourth-order valence-corrected chi connectivity index (χ4v) is 4.23. The van der Waals surface area contributed by atoms with Gasteiger partial charge >= 0.3 is 0 Å². The summed E-state index contributed by atoms with van der Waals surface area (Å²) in [6, 6.07) is 18.4. The zero-order chi connectivity index (χ0) is 23.4. The molecule has 0 amide bonds. The summed E-state index contributed by atoms with van der Waals surface area (Å²) in [6.07, 6.45) is 3.91. The highest BCUT2D eigenvalue weighted by Gasteiger charge is 2.10. The van der Waals surface area contributed by atoms with Crippen LogP contribution in [0.15, 0.2) is 66.7 Å². The van der Waals surface area contributed by atoms with Gasteiger partial charge in [0.1, 0.15) is 11.6 Å². The van der Waals surface area contributed by atoms with Crippen LogP contribution >= 0.6 is 0 Å². The van der Waals surface area contributed by atoms with E-state index >= 15 is 4.39 Å². The summed E-state index contributed by atoms with van der Waals surface area (Å²) in [5, 5.41) is 1.32. The predicted octanol–water partition coefficient (Wildman–Crippen LogP) is 7.92. The standard InChI is InChI=1S/C29H26F4/c1-2-3-19-4-9-22(27(31)17-19)10-5-20-7-14-25-24(16-20)13-12-23(29(25)33)11-6-21-8-15-26(30)28(32)18-21/h4,7-9,12-18H,2-3,5-6,10-11H2,1H3. The fraction of sp³-hybridized carbons (Fsp3) is 0.241. The topological polar surface area (TPSA) is 0 Å². The van der Waals surface area contributed by atoms with E-state index in [9.17, 15) is 13.2 Å². The lowest BCUT2D eigenvalue weighted by Gasteiger charge is -2.10. The van der Waals surface area contributed by atoms with Crippen LogP contribution in [-0.2, 0) is 32.1 Å². The van der Waals surface area contributed by atoms with Gasteiger partial charge in [-0.3, -0.25) is 0 Å². The molecule has 0 unspecified atom stereocenters. The minimum atomic E-state index is -0.893. The molecule has 0 aliphatic heterocycles. The van der Waals surface area contributed by atoms with Crippen molar-refractivity contribution in [2.45, 2.75) is 45.4 Å². The van der Waals surface area contributed by atoms with Crippen molar-refractivity contribution in [1.29, 1.82) is 0 Å². The van der Waals surface area contributed by atoms with E-state index < -0.39 is 11.6 Å². The van der Waals surface area contributed by atoms with E-state index in [0.29, 0.717) is 47.8 Å². The second-order valence-electron chi connectivity index (χ2n) is 8.52. The molecule has 0 bridgehead atoms. The third kappa shape index (κ3) is 5.44. The number of hydrogen-bond acceptors (Lipinski definition) is 0. The van der Waals surface area contributed by atoms with Crippen LogP contribution in [0.5, 0.6) is 0 Å². The highest BCUT2D eigenvalue weighted by molar-refractivity contribution is 5.84. The minimum absolute atomic E-state index is 0.168. The minimum Gasteiger partial charge on any atom is -0.207 e. The number of hydrogen-bond donors (Lipinski definition) is 0. The first-order valence-corrected chi connectivity index (χ1v) is 11.4. The Labute approximate surface area is 191 Å². The van der Waals surface area contributed by atoms with E-state index in [4.69, 9.17) is 0 Å². The zero-order valence-electron chi connectivity index (χ0n) is 18.6. The van der Waals surface area contributed by atoms with Crippen LogP contribution in [-0.4, -0.2) is 0 Å². The van der Waals surface area contributed by atoms with Gasteiger partial charge in [0.15, 0.2) is 11.6 Å². The van der Waals surface area contributed by atoms with E-state index in [1.807, 2.05) is 30.3 Å². The lowest BCUT2D eigenvalue weighted by atomic mass is 9.97. The van der Waals surface area contributed by atoms with Crippen molar-refractivity contribution in [2.75, 3.05) is 0 Å². The summed E-state index contributed by atoms with van der Waals surface area (Å²) in [4.78, 5) is 0. The molecule has 0 aliphatic carbocycles. The Kier molecular flexibility index (Phi) is 7.12. The Hall–Kier alpha value is -3.14. The molecule has 0 atom stereocenters. The molecule has 0 spiro atoms. The lowest BCUT2D eigenvalue weighted by molar-refractivity contribution is 0.507. The zero-order valence-corrected chi connectivity index (χ0v) is 18.6. The first kappa shape index (κ1) is 23.0. The van der Waals surface area contributed by atoms with Crippen molar-refractivity contribution < 1.29 is 17.6 Å². The second kappa shape index (κ2) is 10.2. The molecule has 0 aromatic heterocycles. The summed E-state index contributed by atoms with van der Waals surface area (Å²) in [7, 11) is 0. The molecule has 4 rings (SSSR count). The Morgan fingerprint density at radius 2 is 1.12 bits per heavy atom. The van der Waals surface area contributed by atoms with Crippen molar-refractivity contribution in [3.63, 3.8) is 0 Å². The molecule has 0 fully saturated rings. The SMILES string of the molecule is CCCc1ccc(CCc2ccc3c(F)c(CCc4ccc(F)c(F)c4)ccc3c2)c(F)c1. The second-order valence-corrected chi connectivity index (χ2v) is 8.52. The molecule has 4 aromatic carbocycles. The van der Waals surface area contributed by atoms with Crippen molar-refractivity contribution in [2.24, 2.45) is 0 Å². The third-order valence-corrected chi connectivity index (χ3v) is 6.10. The molecule has 0 N–H and O–H groups in total. The maximum absolute atomic E-state index is 15.1. The summed E-state index contributed by atoms with van der Waals surface area (Å²) < 4.78 is 55.9. The lowest BCUT2D eigenvalue weighted by Crippen LogP contribution is -1.99. The average Bonchev–Trinajstić information content (AvgIpc) is 2.80. The van der Waals surface area contributed by atoms with Gasteiger partial charge in [0, 0.05) is 5.39 Å². The molecule has 0 saturated carbocycles. The molecule has 170 valence electrons. The van der Waals surface area contributed by atoms with E-state index in [2.05, 4.69) is 6.92 Å². The highest BCUT2D eigenvalue weighted by atomic mass is 19.2. The third-order valence-electron chi connectivity index (χ3n) is 6.10. The van der Waals surface area contributed by atoms with Crippen LogP contribution in [0.3, 0.4) is 0 Å². The molecule has 0 saturated heterocycles. The van der Waals surface area contributed by atoms with Gasteiger partial charge in [-0.25, -0.2) is 17.6 Å². The molecule has 0 radical (unpaired) electrons. The number of aryl methyl sites for hydroxylation is 5. The molecule has 0 aliphatic rings. The Balaban J connectivity index is 1.45. The van der Waals surface area contributed by atoms with Crippen LogP contribution < -0.4 is 0 Å². The van der Waals surface area contributed by atoms with Gasteiger partial charge in [0.25, 0.3) is 0 Å². The summed E-state index contributed by atoms with van der Waals surface area (Å²) in [6.45, 7) is 2.07. The number of halogens is 4. The van der Waals surface area contributed by atoms with Crippen LogP contribution in [0.2, 0.25) is 0 Å². The van der Waals surface area contributed by atoms with Gasteiger partial charge in [-0.05, 0) is 83.5 Å². The van der Waals surface area contributed by atoms with Crippen molar-refractivity contribution in [3.8, 4) is 0 Å². The number of rotatable bonds is 8. The monoisotopic (exact) mass is 450 g/mol. The van der Waals surface area contributed by atoms with Gasteiger partial charge in [-0.1, -0.05) is 61.9 Å². The smallest absolute Gasteiger partial charge is 0.159 e. The van der Waals surface area contributed by atoms with Gasteiger partial charge in [0.2, 0.25) is 0 Å². The van der Waals surface area contributed by atoms with Gasteiger partial charge < -0.3 is 0 Å². The van der Waals surface area contributed by atoms with E-state index in [1.165, 1.54) is 6.07 Å². The number of benzene rings is 4. The molecular formula is C29H26F4. The molecule has 4 heteroatoms. The average molecular weight is 451 g/mol. The Bertz CT molecular complexity index is 1280. The van der Waals surface area contributed by atoms with Crippen LogP contribution in [0.25, 0.3) is 10.8 Å². The summed E-state index contributed by atoms with van der Waals surface area (Å²) in [5.74, 6) is -2.24. The van der Waals surface area contributed by atoms with Crippen molar-refractivity contribution >= 4 is 10.8 Å². The maximum Gasteiger partial charge on any atom is 0.159 e. The first-order valence-electron chi connectivity index (χ1n) is 11.4. The molecule has 33 heavy (non-hydrogen) atoms. The Morgan fingerprint density at radius 1 is 0.515 bits per heavy atom. The molecule has 0 heterocycles. The fourth-order valence-electron chi connectivity index (χ4n) is 4.23. The summed E-state index contributed by atoms with van der Waals surface area (Å²) >= 11 is 0. The van der Waals surface area contributed by atoms with E-state index in [0.717, 1.165) is 41.5 Å². The first-order chi connectivity index (χ1) is 15.9. The molecule has 4 aromatic rings. The Morgan fingerprint density at radius 3 is 1.85 bits per heavy atom. The largest absolute Gasteiger partial charge is 0.207 e. The van der Waals surface area contributed by atoms with E-state index in [1.54, 1.807) is 18.2 Å². The normalized spacial score (nSPS) is 11.3. The maximum atomic E-state index is 15.1. The van der Waals surface area contributed by atoms with Crippen molar-refractivity contribution in [1.82, 2.24) is 0 Å². The van der Waals surface area contributed by atoms with Gasteiger partial charge in [-0.15, -0.1) is 0 Å². The van der Waals surface area contributed by atoms with Gasteiger partial charge in [-0.2, -0.15) is 0 Å². The predicted molar refractivity (Wildman–Crippen MR) is 125 cm³/mol. The van der Waals surface area contributed by atoms with Crippen molar-refractivity contribution in [3.05, 3.63) is 118 Å². The van der Waals surface area contributed by atoms with Crippen LogP contribution in [0.1, 0.15) is 41.2 Å². The molecular weight excluding hydrogens is 424 g/mol. The highest BCUT2D eigenvalue weighted by Crippen LogP contribution is 2.25. The summed E-state index contributed by atoms with van der Waals surface area (Å²) in [5.41, 5.74) is 3.88.